The number of hydrogen-bond acceptors (Lipinski definition) is 10. The zero-order valence-electron chi connectivity index (χ0n) is 51.3. The predicted octanol–water partition coefficient (Wildman–Crippen LogP) is 17.2. The van der Waals surface area contributed by atoms with Crippen LogP contribution in [0.1, 0.15) is 111 Å². The average molecular weight is 1200 g/mol. The van der Waals surface area contributed by atoms with Crippen molar-refractivity contribution in [3.8, 4) is 0 Å². The molecule has 0 aromatic heterocycles. The topological polar surface area (TPSA) is 92.3 Å². The highest BCUT2D eigenvalue weighted by Gasteiger charge is 2.08. The lowest BCUT2D eigenvalue weighted by Gasteiger charge is -2.10. The molecule has 90 heavy (non-hydrogen) atoms. The Morgan fingerprint density at radius 2 is 0.133 bits per heavy atom. The van der Waals surface area contributed by atoms with Gasteiger partial charge in [-0.2, -0.15) is 0 Å². The summed E-state index contributed by atoms with van der Waals surface area (Å²) in [5, 5.41) is 0. The summed E-state index contributed by atoms with van der Waals surface area (Å²) in [6.45, 7) is 10.7. The summed E-state index contributed by atoms with van der Waals surface area (Å²) < 4.78 is 60.8. The zero-order valence-corrected chi connectivity index (χ0v) is 51.3. The van der Waals surface area contributed by atoms with Crippen LogP contribution in [0.5, 0.6) is 0 Å². The van der Waals surface area contributed by atoms with E-state index in [9.17, 15) is 0 Å². The van der Waals surface area contributed by atoms with Crippen LogP contribution in [0.15, 0.2) is 243 Å². The molecule has 0 atom stereocenters. The van der Waals surface area contributed by atoms with Gasteiger partial charge in [-0.15, -0.1) is 0 Å². The first-order chi connectivity index (χ1) is 44.5. The quantitative estimate of drug-likeness (QED) is 0.146. The molecule has 20 bridgehead atoms. The molecule has 0 saturated heterocycles. The van der Waals surface area contributed by atoms with Crippen molar-refractivity contribution in [1.82, 2.24) is 0 Å². The fourth-order valence-electron chi connectivity index (χ4n) is 10.2. The Bertz CT molecular complexity index is 2600. The van der Waals surface area contributed by atoms with Gasteiger partial charge in [0, 0.05) is 0 Å². The number of hydrogen-bond donors (Lipinski definition) is 0. The van der Waals surface area contributed by atoms with E-state index in [1.54, 1.807) is 0 Å². The lowest BCUT2D eigenvalue weighted by atomic mass is 10.1. The SMILES string of the molecule is c1cc2ccc1COCc1ccc(cc1)COCc1ccc(cc1)COCc1ccc(cc1)COCc1ccc(cc1)COCc1ccc(cc1)COCc1ccc(cc1)COCc1ccc(cc1)COCc1ccc(cc1)COCc1ccc(cc1)COC2. The van der Waals surface area contributed by atoms with Gasteiger partial charge in [0.1, 0.15) is 0 Å². The highest BCUT2D eigenvalue weighted by atomic mass is 16.5. The molecule has 28 heterocycles. The molecule has 0 saturated carbocycles. The Hall–Kier alpha value is -8.20. The standard InChI is InChI=1S/C80H80O10/c1-2-62-4-3-61(1)41-81-43-63-5-7-65(8-6-63)45-83-47-67-13-15-69(16-14-67)49-85-51-71-21-23-73(24-22-71)53-87-55-75-29-31-77(32-30-75)57-89-59-79-37-39-80(40-38-79)60-90-58-78-35-33-76(34-36-78)56-88-54-74-27-25-72(26-28-74)52-86-50-70-19-17-68(18-20-70)48-84-46-66-11-9-64(10-12-66)44-82-42-62/h1-40H,41-60H2. The number of ether oxygens (including phenoxy) is 10. The van der Waals surface area contributed by atoms with Crippen LogP contribution >= 0.6 is 0 Å². The van der Waals surface area contributed by atoms with Crippen LogP contribution in [0.3, 0.4) is 0 Å². The van der Waals surface area contributed by atoms with E-state index in [-0.39, 0.29) is 0 Å². The largest absolute Gasteiger partial charge is 0.372 e. The van der Waals surface area contributed by atoms with Gasteiger partial charge in [-0.25, -0.2) is 0 Å². The predicted molar refractivity (Wildman–Crippen MR) is 349 cm³/mol. The van der Waals surface area contributed by atoms with Gasteiger partial charge in [0.05, 0.1) is 132 Å². The maximum atomic E-state index is 6.08. The molecule has 0 spiro atoms. The van der Waals surface area contributed by atoms with Crippen molar-refractivity contribution in [2.75, 3.05) is 0 Å². The molecule has 10 aromatic rings. The van der Waals surface area contributed by atoms with Crippen molar-refractivity contribution >= 4 is 0 Å². The Labute approximate surface area is 530 Å². The maximum absolute atomic E-state index is 6.08. The van der Waals surface area contributed by atoms with Crippen molar-refractivity contribution in [2.45, 2.75) is 132 Å². The second-order valence-electron chi connectivity index (χ2n) is 23.1. The van der Waals surface area contributed by atoms with Crippen LogP contribution < -0.4 is 0 Å². The van der Waals surface area contributed by atoms with E-state index < -0.39 is 0 Å². The third-order valence-corrected chi connectivity index (χ3v) is 15.6. The average Bonchev–Trinajstić information content (AvgIpc) is 3.79. The molecule has 10 aromatic carbocycles. The van der Waals surface area contributed by atoms with Gasteiger partial charge in [-0.1, -0.05) is 243 Å². The summed E-state index contributed by atoms with van der Waals surface area (Å²) in [7, 11) is 0. The maximum Gasteiger partial charge on any atom is 0.0721 e. The highest BCUT2D eigenvalue weighted by Crippen LogP contribution is 2.20. The van der Waals surface area contributed by atoms with Crippen molar-refractivity contribution in [2.24, 2.45) is 0 Å². The lowest BCUT2D eigenvalue weighted by molar-refractivity contribution is 0.103. The van der Waals surface area contributed by atoms with Gasteiger partial charge in [0.15, 0.2) is 0 Å². The first-order valence-electron chi connectivity index (χ1n) is 31.1. The molecule has 0 N–H and O–H groups in total. The van der Waals surface area contributed by atoms with Crippen molar-refractivity contribution < 1.29 is 47.4 Å². The molecule has 28 aliphatic rings. The Morgan fingerprint density at radius 1 is 0.0889 bits per heavy atom. The first kappa shape index (κ1) is 63.4. The molecule has 0 radical (unpaired) electrons. The van der Waals surface area contributed by atoms with Crippen LogP contribution in [0.25, 0.3) is 0 Å². The number of benzene rings is 10. The lowest BCUT2D eigenvalue weighted by Crippen LogP contribution is -1.99. The summed E-state index contributed by atoms with van der Waals surface area (Å²) >= 11 is 0. The van der Waals surface area contributed by atoms with E-state index >= 15 is 0 Å². The van der Waals surface area contributed by atoms with E-state index in [1.807, 2.05) is 0 Å². The van der Waals surface area contributed by atoms with E-state index in [1.165, 1.54) is 0 Å². The molecular weight excluding hydrogens is 1120 g/mol. The summed E-state index contributed by atoms with van der Waals surface area (Å²) in [6.07, 6.45) is 0. The minimum absolute atomic E-state index is 0.536. The molecule has 0 aliphatic carbocycles. The Balaban J connectivity index is 0.617. The number of rotatable bonds is 0. The van der Waals surface area contributed by atoms with Crippen molar-refractivity contribution in [1.29, 1.82) is 0 Å². The van der Waals surface area contributed by atoms with E-state index in [4.69, 9.17) is 47.4 Å². The minimum atomic E-state index is 0.536. The van der Waals surface area contributed by atoms with Gasteiger partial charge in [0.25, 0.3) is 0 Å². The molecular formula is C80H80O10. The molecule has 28 aliphatic heterocycles. The molecule has 10 nitrogen and oxygen atoms in total. The monoisotopic (exact) mass is 1200 g/mol. The van der Waals surface area contributed by atoms with E-state index in [0.29, 0.717) is 132 Å². The summed E-state index contributed by atoms with van der Waals surface area (Å²) in [6, 6.07) is 84.4. The summed E-state index contributed by atoms with van der Waals surface area (Å²) in [5.41, 5.74) is 22.5. The normalized spacial score (nSPS) is 15.6. The highest BCUT2D eigenvalue weighted by molar-refractivity contribution is 5.30. The van der Waals surface area contributed by atoms with Gasteiger partial charge in [0.2, 0.25) is 0 Å². The van der Waals surface area contributed by atoms with Crippen LogP contribution in [0, 0.1) is 0 Å². The molecule has 38 rings (SSSR count). The van der Waals surface area contributed by atoms with Crippen LogP contribution in [-0.2, 0) is 180 Å². The fraction of sp³-hybridized carbons (Fsp3) is 0.250. The molecule has 10 heteroatoms. The molecule has 0 amide bonds. The molecule has 0 unspecified atom stereocenters. The third-order valence-electron chi connectivity index (χ3n) is 15.6. The minimum Gasteiger partial charge on any atom is -0.372 e. The van der Waals surface area contributed by atoms with Gasteiger partial charge in [-0.05, 0) is 111 Å². The van der Waals surface area contributed by atoms with Crippen LogP contribution in [-0.4, -0.2) is 0 Å². The van der Waals surface area contributed by atoms with Crippen LogP contribution in [0.2, 0.25) is 0 Å². The van der Waals surface area contributed by atoms with Gasteiger partial charge < -0.3 is 47.4 Å². The Kier molecular flexibility index (Phi) is 24.4. The second-order valence-corrected chi connectivity index (χ2v) is 23.1. The molecule has 0 fully saturated rings. The smallest absolute Gasteiger partial charge is 0.0721 e. The van der Waals surface area contributed by atoms with Crippen molar-refractivity contribution in [3.05, 3.63) is 354 Å². The van der Waals surface area contributed by atoms with Gasteiger partial charge in [-0.3, -0.25) is 0 Å². The molecule has 460 valence electrons. The summed E-state index contributed by atoms with van der Waals surface area (Å²) in [5.74, 6) is 0. The first-order valence-corrected chi connectivity index (χ1v) is 31.1. The summed E-state index contributed by atoms with van der Waals surface area (Å²) in [4.78, 5) is 0. The zero-order chi connectivity index (χ0) is 61.0. The Morgan fingerprint density at radius 3 is 0.178 bits per heavy atom. The second kappa shape index (κ2) is 34.7. The van der Waals surface area contributed by atoms with Gasteiger partial charge >= 0.3 is 0 Å². The third kappa shape index (κ3) is 21.5. The van der Waals surface area contributed by atoms with Crippen LogP contribution in [0.4, 0.5) is 0 Å². The fourth-order valence-corrected chi connectivity index (χ4v) is 10.2. The van der Waals surface area contributed by atoms with E-state index in [2.05, 4.69) is 243 Å². The van der Waals surface area contributed by atoms with E-state index in [0.717, 1.165) is 111 Å². The van der Waals surface area contributed by atoms with Crippen molar-refractivity contribution in [3.63, 3.8) is 0 Å².